The van der Waals surface area contributed by atoms with Crippen LogP contribution in [0.2, 0.25) is 5.02 Å². The topological polar surface area (TPSA) is 85.6 Å². The Labute approximate surface area is 145 Å². The summed E-state index contributed by atoms with van der Waals surface area (Å²) in [5.41, 5.74) is 1.32. The van der Waals surface area contributed by atoms with Crippen LogP contribution in [-0.4, -0.2) is 37.4 Å². The van der Waals surface area contributed by atoms with Gasteiger partial charge in [0.2, 0.25) is 11.8 Å². The van der Waals surface area contributed by atoms with E-state index in [0.29, 0.717) is 47.9 Å². The summed E-state index contributed by atoms with van der Waals surface area (Å²) in [5, 5.41) is 9.76. The molecule has 1 aromatic heterocycles. The maximum absolute atomic E-state index is 11.9. The molecule has 0 radical (unpaired) electrons. The lowest BCUT2D eigenvalue weighted by Gasteiger charge is -2.14. The summed E-state index contributed by atoms with van der Waals surface area (Å²) in [5.74, 6) is 0.521. The van der Waals surface area contributed by atoms with Gasteiger partial charge in [-0.2, -0.15) is 0 Å². The number of nitrogens with zero attached hydrogens (tertiary/aromatic N) is 1. The van der Waals surface area contributed by atoms with Crippen LogP contribution in [0, 0.1) is 6.92 Å². The van der Waals surface area contributed by atoms with Crippen LogP contribution in [-0.2, 0) is 9.53 Å². The van der Waals surface area contributed by atoms with Crippen LogP contribution in [0.4, 0.5) is 11.6 Å². The monoisotopic (exact) mass is 353 g/mol. The van der Waals surface area contributed by atoms with Gasteiger partial charge in [0, 0.05) is 12.7 Å². The molecule has 2 rings (SSSR count). The van der Waals surface area contributed by atoms with E-state index in [4.69, 9.17) is 25.6 Å². The number of carbonyl (C=O) groups excluding carboxylic acids is 1. The average Bonchev–Trinajstić information content (AvgIpc) is 2.96. The van der Waals surface area contributed by atoms with Gasteiger partial charge in [-0.25, -0.2) is 0 Å². The van der Waals surface area contributed by atoms with E-state index in [1.807, 2.05) is 6.92 Å². The first kappa shape index (κ1) is 18.1. The van der Waals surface area contributed by atoms with Crippen molar-refractivity contribution in [2.75, 3.05) is 37.0 Å². The van der Waals surface area contributed by atoms with E-state index >= 15 is 0 Å². The lowest BCUT2D eigenvalue weighted by atomic mass is 10.3. The normalized spacial score (nSPS) is 10.5. The molecule has 0 fully saturated rings. The largest absolute Gasteiger partial charge is 0.487 e. The molecule has 0 aliphatic heterocycles. The van der Waals surface area contributed by atoms with Crippen LogP contribution in [0.3, 0.4) is 0 Å². The molecule has 7 nitrogen and oxygen atoms in total. The second-order valence-electron chi connectivity index (χ2n) is 4.90. The molecular weight excluding hydrogens is 334 g/mol. The van der Waals surface area contributed by atoms with E-state index in [1.165, 1.54) is 0 Å². The Morgan fingerprint density at radius 3 is 2.92 bits per heavy atom. The molecule has 2 aromatic rings. The minimum Gasteiger partial charge on any atom is -0.487 e. The number of carbonyl (C=O) groups is 1. The van der Waals surface area contributed by atoms with Crippen molar-refractivity contribution in [3.05, 3.63) is 35.0 Å². The zero-order valence-corrected chi connectivity index (χ0v) is 14.4. The van der Waals surface area contributed by atoms with Crippen molar-refractivity contribution in [3.63, 3.8) is 0 Å². The summed E-state index contributed by atoms with van der Waals surface area (Å²) in [6.07, 6.45) is 0. The number of amides is 1. The van der Waals surface area contributed by atoms with Crippen molar-refractivity contribution in [3.8, 4) is 5.75 Å². The molecule has 0 saturated heterocycles. The van der Waals surface area contributed by atoms with E-state index < -0.39 is 0 Å². The van der Waals surface area contributed by atoms with Crippen LogP contribution in [0.15, 0.2) is 28.8 Å². The van der Waals surface area contributed by atoms with Gasteiger partial charge in [0.15, 0.2) is 5.75 Å². The summed E-state index contributed by atoms with van der Waals surface area (Å²) in [6.45, 7) is 5.18. The second kappa shape index (κ2) is 9.14. The number of para-hydroxylation sites is 1. The number of rotatable bonds is 9. The number of benzene rings is 1. The van der Waals surface area contributed by atoms with Gasteiger partial charge in [-0.05, 0) is 26.0 Å². The maximum atomic E-state index is 11.9. The number of hydrogen-bond acceptors (Lipinski definition) is 6. The highest BCUT2D eigenvalue weighted by molar-refractivity contribution is 6.32. The van der Waals surface area contributed by atoms with Gasteiger partial charge >= 0.3 is 0 Å². The van der Waals surface area contributed by atoms with E-state index in [0.717, 1.165) is 0 Å². The number of aromatic nitrogens is 1. The van der Waals surface area contributed by atoms with Crippen LogP contribution in [0.1, 0.15) is 12.6 Å². The minimum atomic E-state index is -0.272. The fourth-order valence-electron chi connectivity index (χ4n) is 1.92. The number of aryl methyl sites for hydroxylation is 1. The van der Waals surface area contributed by atoms with Gasteiger partial charge < -0.3 is 19.3 Å². The number of ether oxygens (including phenoxy) is 2. The lowest BCUT2D eigenvalue weighted by molar-refractivity contribution is -0.114. The number of anilines is 2. The van der Waals surface area contributed by atoms with Crippen LogP contribution >= 0.6 is 11.6 Å². The molecule has 130 valence electrons. The summed E-state index contributed by atoms with van der Waals surface area (Å²) in [7, 11) is 0. The molecule has 2 N–H and O–H groups in total. The Morgan fingerprint density at radius 2 is 2.21 bits per heavy atom. The smallest absolute Gasteiger partial charge is 0.246 e. The molecule has 0 aliphatic carbocycles. The molecule has 1 amide bonds. The molecule has 1 heterocycles. The van der Waals surface area contributed by atoms with E-state index in [-0.39, 0.29) is 12.5 Å². The predicted octanol–water partition coefficient (Wildman–Crippen LogP) is 3.10. The quantitative estimate of drug-likeness (QED) is 0.674. The number of nitrogens with one attached hydrogen (secondary N) is 2. The van der Waals surface area contributed by atoms with Crippen molar-refractivity contribution >= 4 is 29.1 Å². The molecule has 0 atom stereocenters. The fraction of sp³-hybridized carbons (Fsp3) is 0.375. The lowest BCUT2D eigenvalue weighted by Crippen LogP contribution is -2.22. The zero-order chi connectivity index (χ0) is 17.4. The maximum Gasteiger partial charge on any atom is 0.246 e. The second-order valence-corrected chi connectivity index (χ2v) is 5.30. The summed E-state index contributed by atoms with van der Waals surface area (Å²) in [4.78, 5) is 11.9. The molecule has 0 aliphatic rings. The molecule has 1 aromatic carbocycles. The first-order valence-corrected chi connectivity index (χ1v) is 7.94. The minimum absolute atomic E-state index is 0.0297. The Hall–Kier alpha value is -2.25. The molecule has 0 bridgehead atoms. The molecule has 0 saturated carbocycles. The standard InChI is InChI=1S/C16H20ClN3O4/c1-3-22-7-8-23-16-12(17)5-4-6-13(16)18-10-14(21)19-15-9-11(2)20-24-15/h4-6,9,18H,3,7-8,10H2,1-2H3,(H,19,21). The highest BCUT2D eigenvalue weighted by Gasteiger charge is 2.11. The Morgan fingerprint density at radius 1 is 1.38 bits per heavy atom. The van der Waals surface area contributed by atoms with Gasteiger partial charge in [0.1, 0.15) is 6.61 Å². The van der Waals surface area contributed by atoms with Crippen LogP contribution in [0.25, 0.3) is 0 Å². The Balaban J connectivity index is 1.91. The summed E-state index contributed by atoms with van der Waals surface area (Å²) in [6, 6.07) is 6.92. The zero-order valence-electron chi connectivity index (χ0n) is 13.6. The van der Waals surface area contributed by atoms with Crippen molar-refractivity contribution < 1.29 is 18.8 Å². The predicted molar refractivity (Wildman–Crippen MR) is 91.8 cm³/mol. The van der Waals surface area contributed by atoms with Gasteiger partial charge in [0.05, 0.1) is 29.6 Å². The number of hydrogen-bond donors (Lipinski definition) is 2. The molecule has 24 heavy (non-hydrogen) atoms. The van der Waals surface area contributed by atoms with E-state index in [9.17, 15) is 4.79 Å². The van der Waals surface area contributed by atoms with Gasteiger partial charge in [0.25, 0.3) is 0 Å². The third kappa shape index (κ3) is 5.43. The van der Waals surface area contributed by atoms with Gasteiger partial charge in [-0.1, -0.05) is 22.8 Å². The molecule has 8 heteroatoms. The molecular formula is C16H20ClN3O4. The first-order valence-electron chi connectivity index (χ1n) is 7.56. The van der Waals surface area contributed by atoms with Crippen molar-refractivity contribution in [2.45, 2.75) is 13.8 Å². The third-order valence-corrected chi connectivity index (χ3v) is 3.27. The average molecular weight is 354 g/mol. The highest BCUT2D eigenvalue weighted by Crippen LogP contribution is 2.32. The van der Waals surface area contributed by atoms with E-state index in [1.54, 1.807) is 31.2 Å². The first-order chi connectivity index (χ1) is 11.6. The SMILES string of the molecule is CCOCCOc1c(Cl)cccc1NCC(=O)Nc1cc(C)no1. The number of halogens is 1. The molecule has 0 spiro atoms. The van der Waals surface area contributed by atoms with Crippen LogP contribution < -0.4 is 15.4 Å². The van der Waals surface area contributed by atoms with Gasteiger partial charge in [-0.3, -0.25) is 10.1 Å². The third-order valence-electron chi connectivity index (χ3n) is 2.98. The van der Waals surface area contributed by atoms with Crippen molar-refractivity contribution in [1.82, 2.24) is 5.16 Å². The van der Waals surface area contributed by atoms with Crippen molar-refractivity contribution in [2.24, 2.45) is 0 Å². The van der Waals surface area contributed by atoms with Crippen LogP contribution in [0.5, 0.6) is 5.75 Å². The fourth-order valence-corrected chi connectivity index (χ4v) is 2.15. The van der Waals surface area contributed by atoms with Crippen molar-refractivity contribution in [1.29, 1.82) is 0 Å². The Bertz CT molecular complexity index is 675. The summed E-state index contributed by atoms with van der Waals surface area (Å²) < 4.78 is 15.8. The highest BCUT2D eigenvalue weighted by atomic mass is 35.5. The Kier molecular flexibility index (Phi) is 6.89. The molecule has 0 unspecified atom stereocenters. The van der Waals surface area contributed by atoms with E-state index in [2.05, 4.69) is 15.8 Å². The van der Waals surface area contributed by atoms with Gasteiger partial charge in [-0.15, -0.1) is 0 Å². The summed E-state index contributed by atoms with van der Waals surface area (Å²) >= 11 is 6.16.